The van der Waals surface area contributed by atoms with E-state index in [4.69, 9.17) is 4.98 Å². The van der Waals surface area contributed by atoms with Gasteiger partial charge in [0.25, 0.3) is 0 Å². The van der Waals surface area contributed by atoms with Gasteiger partial charge in [0.1, 0.15) is 5.69 Å². The maximum atomic E-state index is 9.89. The van der Waals surface area contributed by atoms with E-state index in [0.29, 0.717) is 11.5 Å². The Kier molecular flexibility index (Phi) is 4.04. The van der Waals surface area contributed by atoms with E-state index in [1.807, 2.05) is 72.9 Å². The van der Waals surface area contributed by atoms with Crippen molar-refractivity contribution in [1.82, 2.24) is 15.0 Å². The van der Waals surface area contributed by atoms with Crippen LogP contribution in [-0.2, 0) is 6.61 Å². The lowest BCUT2D eigenvalue weighted by Gasteiger charge is -2.11. The molecule has 0 atom stereocenters. The average Bonchev–Trinajstić information content (AvgIpc) is 2.78. The second-order valence-electron chi connectivity index (χ2n) is 6.68. The van der Waals surface area contributed by atoms with Gasteiger partial charge < -0.3 is 5.11 Å². The first kappa shape index (κ1) is 16.5. The smallest absolute Gasteiger partial charge is 0.178 e. The zero-order valence-electron chi connectivity index (χ0n) is 15.1. The van der Waals surface area contributed by atoms with E-state index in [0.717, 1.165) is 38.5 Å². The van der Waals surface area contributed by atoms with E-state index in [1.165, 1.54) is 0 Å². The summed E-state index contributed by atoms with van der Waals surface area (Å²) in [5.41, 5.74) is 4.16. The number of benzene rings is 3. The fourth-order valence-corrected chi connectivity index (χ4v) is 3.46. The number of aromatic nitrogens is 3. The summed E-state index contributed by atoms with van der Waals surface area (Å²) < 4.78 is 0. The first-order valence-electron chi connectivity index (χ1n) is 9.14. The van der Waals surface area contributed by atoms with Crippen molar-refractivity contribution in [3.63, 3.8) is 0 Å². The molecule has 0 saturated carbocycles. The molecule has 2 aromatic heterocycles. The van der Waals surface area contributed by atoms with Crippen molar-refractivity contribution in [3.8, 4) is 22.8 Å². The van der Waals surface area contributed by atoms with Gasteiger partial charge in [-0.3, -0.25) is 0 Å². The lowest BCUT2D eigenvalue weighted by atomic mass is 9.98. The van der Waals surface area contributed by atoms with Crippen LogP contribution in [0.15, 0.2) is 85.1 Å². The molecule has 5 aromatic rings. The van der Waals surface area contributed by atoms with E-state index in [2.05, 4.69) is 22.1 Å². The van der Waals surface area contributed by atoms with Crippen LogP contribution in [0, 0.1) is 0 Å². The predicted molar refractivity (Wildman–Crippen MR) is 112 cm³/mol. The Morgan fingerprint density at radius 2 is 1.39 bits per heavy atom. The number of rotatable bonds is 3. The molecule has 3 aromatic carbocycles. The largest absolute Gasteiger partial charge is 0.392 e. The number of aliphatic hydroxyl groups excluding tert-OH is 1. The molecule has 2 heterocycles. The van der Waals surface area contributed by atoms with Crippen molar-refractivity contribution in [2.75, 3.05) is 0 Å². The molecule has 0 saturated heterocycles. The molecule has 4 nitrogen and oxygen atoms in total. The van der Waals surface area contributed by atoms with Crippen LogP contribution in [0.5, 0.6) is 0 Å². The first-order valence-corrected chi connectivity index (χ1v) is 9.14. The number of para-hydroxylation sites is 1. The van der Waals surface area contributed by atoms with Crippen molar-refractivity contribution in [2.24, 2.45) is 0 Å². The van der Waals surface area contributed by atoms with Gasteiger partial charge in [-0.05, 0) is 46.7 Å². The maximum Gasteiger partial charge on any atom is 0.178 e. The summed E-state index contributed by atoms with van der Waals surface area (Å²) >= 11 is 0. The van der Waals surface area contributed by atoms with Gasteiger partial charge in [0.15, 0.2) is 5.82 Å². The molecule has 0 fully saturated rings. The van der Waals surface area contributed by atoms with Crippen LogP contribution < -0.4 is 0 Å². The molecule has 0 unspecified atom stereocenters. The fraction of sp³-hybridized carbons (Fsp3) is 0.0417. The predicted octanol–water partition coefficient (Wildman–Crippen LogP) is 5.00. The van der Waals surface area contributed by atoms with Gasteiger partial charge in [0.2, 0.25) is 0 Å². The van der Waals surface area contributed by atoms with Gasteiger partial charge >= 0.3 is 0 Å². The van der Waals surface area contributed by atoms with Crippen LogP contribution in [0.25, 0.3) is 44.5 Å². The minimum atomic E-state index is -0.0431. The SMILES string of the molecule is OCc1cc2ccccc2cc1-c1cccc(-c2ncc3ccccc3n2)n1. The van der Waals surface area contributed by atoms with Crippen molar-refractivity contribution < 1.29 is 5.11 Å². The number of nitrogens with zero attached hydrogens (tertiary/aromatic N) is 3. The highest BCUT2D eigenvalue weighted by molar-refractivity contribution is 5.88. The third-order valence-electron chi connectivity index (χ3n) is 4.89. The summed E-state index contributed by atoms with van der Waals surface area (Å²) in [6.45, 7) is -0.0431. The summed E-state index contributed by atoms with van der Waals surface area (Å²) in [5, 5.41) is 13.1. The Balaban J connectivity index is 1.65. The molecule has 5 rings (SSSR count). The Morgan fingerprint density at radius 3 is 2.21 bits per heavy atom. The van der Waals surface area contributed by atoms with Crippen LogP contribution in [0.2, 0.25) is 0 Å². The van der Waals surface area contributed by atoms with Crippen LogP contribution in [0.3, 0.4) is 0 Å². The van der Waals surface area contributed by atoms with E-state index >= 15 is 0 Å². The summed E-state index contributed by atoms with van der Waals surface area (Å²) in [6.07, 6.45) is 1.82. The first-order chi connectivity index (χ1) is 13.8. The lowest BCUT2D eigenvalue weighted by molar-refractivity contribution is 0.282. The highest BCUT2D eigenvalue weighted by Gasteiger charge is 2.11. The van der Waals surface area contributed by atoms with Gasteiger partial charge in [-0.2, -0.15) is 0 Å². The minimum absolute atomic E-state index is 0.0431. The van der Waals surface area contributed by atoms with Crippen molar-refractivity contribution in [1.29, 1.82) is 0 Å². The quantitative estimate of drug-likeness (QED) is 0.490. The van der Waals surface area contributed by atoms with Crippen LogP contribution >= 0.6 is 0 Å². The second-order valence-corrected chi connectivity index (χ2v) is 6.68. The van der Waals surface area contributed by atoms with E-state index in [-0.39, 0.29) is 6.61 Å². The number of hydrogen-bond donors (Lipinski definition) is 1. The topological polar surface area (TPSA) is 58.9 Å². The third-order valence-corrected chi connectivity index (χ3v) is 4.89. The van der Waals surface area contributed by atoms with E-state index in [1.54, 1.807) is 0 Å². The van der Waals surface area contributed by atoms with E-state index < -0.39 is 0 Å². The monoisotopic (exact) mass is 363 g/mol. The zero-order chi connectivity index (χ0) is 18.9. The molecule has 1 N–H and O–H groups in total. The number of hydrogen-bond acceptors (Lipinski definition) is 4. The molecule has 0 aliphatic heterocycles. The number of aliphatic hydroxyl groups is 1. The third kappa shape index (κ3) is 2.90. The average molecular weight is 363 g/mol. The Labute approximate surface area is 162 Å². The standard InChI is InChI=1S/C24H17N3O/c28-15-19-12-16-6-1-2-7-17(16)13-20(19)22-10-5-11-23(26-22)24-25-14-18-8-3-4-9-21(18)27-24/h1-14,28H,15H2. The summed E-state index contributed by atoms with van der Waals surface area (Å²) in [7, 11) is 0. The molecule has 0 spiro atoms. The van der Waals surface area contributed by atoms with Crippen LogP contribution in [-0.4, -0.2) is 20.1 Å². The summed E-state index contributed by atoms with van der Waals surface area (Å²) in [5.74, 6) is 0.590. The molecule has 0 aliphatic carbocycles. The fourth-order valence-electron chi connectivity index (χ4n) is 3.46. The normalized spacial score (nSPS) is 11.2. The molecule has 134 valence electrons. The van der Waals surface area contributed by atoms with Gasteiger partial charge in [-0.15, -0.1) is 0 Å². The second kappa shape index (κ2) is 6.83. The molecular weight excluding hydrogens is 346 g/mol. The number of fused-ring (bicyclic) bond motifs is 2. The molecule has 0 amide bonds. The molecule has 28 heavy (non-hydrogen) atoms. The Morgan fingerprint density at radius 1 is 0.679 bits per heavy atom. The molecule has 0 radical (unpaired) electrons. The molecule has 4 heteroatoms. The van der Waals surface area contributed by atoms with Gasteiger partial charge in [-0.1, -0.05) is 48.5 Å². The van der Waals surface area contributed by atoms with E-state index in [9.17, 15) is 5.11 Å². The Hall–Kier alpha value is -3.63. The minimum Gasteiger partial charge on any atom is -0.392 e. The van der Waals surface area contributed by atoms with Crippen molar-refractivity contribution in [2.45, 2.75) is 6.61 Å². The van der Waals surface area contributed by atoms with Gasteiger partial charge in [0.05, 0.1) is 17.8 Å². The zero-order valence-corrected chi connectivity index (χ0v) is 15.1. The Bertz CT molecular complexity index is 1310. The van der Waals surface area contributed by atoms with Gasteiger partial charge in [-0.25, -0.2) is 15.0 Å². The van der Waals surface area contributed by atoms with Gasteiger partial charge in [0, 0.05) is 17.1 Å². The van der Waals surface area contributed by atoms with Crippen LogP contribution in [0.1, 0.15) is 5.56 Å². The molecule has 0 bridgehead atoms. The summed E-state index contributed by atoms with van der Waals surface area (Å²) in [6, 6.07) is 25.9. The van der Waals surface area contributed by atoms with Crippen LogP contribution in [0.4, 0.5) is 0 Å². The highest BCUT2D eigenvalue weighted by Crippen LogP contribution is 2.29. The lowest BCUT2D eigenvalue weighted by Crippen LogP contribution is -1.96. The maximum absolute atomic E-state index is 9.89. The number of pyridine rings is 1. The van der Waals surface area contributed by atoms with Crippen molar-refractivity contribution in [3.05, 3.63) is 90.6 Å². The molecule has 0 aliphatic rings. The van der Waals surface area contributed by atoms with Crippen molar-refractivity contribution >= 4 is 21.7 Å². The summed E-state index contributed by atoms with van der Waals surface area (Å²) in [4.78, 5) is 13.9. The molecular formula is C24H17N3O. The highest BCUT2D eigenvalue weighted by atomic mass is 16.3.